The third-order valence-electron chi connectivity index (χ3n) is 7.73. The molecule has 5 rings (SSSR count). The highest BCUT2D eigenvalue weighted by molar-refractivity contribution is 7.98. The summed E-state index contributed by atoms with van der Waals surface area (Å²) < 4.78 is 40.5. The van der Waals surface area contributed by atoms with E-state index in [0.29, 0.717) is 47.6 Å². The van der Waals surface area contributed by atoms with E-state index in [1.54, 1.807) is 26.0 Å². The van der Waals surface area contributed by atoms with Gasteiger partial charge in [-0.25, -0.2) is 13.8 Å². The summed E-state index contributed by atoms with van der Waals surface area (Å²) in [5.41, 5.74) is 1.42. The van der Waals surface area contributed by atoms with Crippen LogP contribution in [0.1, 0.15) is 25.8 Å². The van der Waals surface area contributed by atoms with Crippen LogP contribution in [0.3, 0.4) is 0 Å². The second-order valence-corrected chi connectivity index (χ2v) is 13.2. The van der Waals surface area contributed by atoms with Crippen molar-refractivity contribution in [1.29, 1.82) is 0 Å². The first-order valence-electron chi connectivity index (χ1n) is 16.4. The van der Waals surface area contributed by atoms with Gasteiger partial charge in [0.25, 0.3) is 11.8 Å². The van der Waals surface area contributed by atoms with Crippen molar-refractivity contribution in [3.05, 3.63) is 71.9 Å². The van der Waals surface area contributed by atoms with Gasteiger partial charge in [-0.05, 0) is 35.7 Å². The average molecular weight is 738 g/mol. The summed E-state index contributed by atoms with van der Waals surface area (Å²) in [6.45, 7) is 3.35. The Morgan fingerprint density at radius 1 is 0.962 bits per heavy atom. The normalized spacial score (nSPS) is 14.4. The zero-order valence-electron chi connectivity index (χ0n) is 28.4. The standard InChI is InChI=1S/C35H37F2N7O7S/c1-20(2)34(43-30(46)18-44-32(47)6-7-33(44)48)35(49)40-17-29(45)38-8-11-52-19-21-12-28-41-27-15-24(25(37)16-39-27)23-5-4-22(36)14-26(23)50-9-3-10-51-31(13-21)42-28/h4-7,12-16,20,34H,3,8-11,17-19H2,1-2H3,(H,38,45)(H,40,49)(H,43,46)(H,39,41,42). The Hall–Kier alpha value is -5.58. The zero-order valence-corrected chi connectivity index (χ0v) is 29.2. The minimum atomic E-state index is -0.987. The topological polar surface area (TPSA) is 181 Å². The lowest BCUT2D eigenvalue weighted by Crippen LogP contribution is -2.53. The van der Waals surface area contributed by atoms with Crippen molar-refractivity contribution in [2.45, 2.75) is 32.1 Å². The van der Waals surface area contributed by atoms with Crippen LogP contribution in [0.2, 0.25) is 0 Å². The summed E-state index contributed by atoms with van der Waals surface area (Å²) in [6.07, 6.45) is 3.65. The van der Waals surface area contributed by atoms with Crippen LogP contribution in [0.5, 0.6) is 11.6 Å². The Labute approximate surface area is 302 Å². The Bertz CT molecular complexity index is 1860. The lowest BCUT2D eigenvalue weighted by atomic mass is 10.0. The Balaban J connectivity index is 1.11. The number of amides is 5. The summed E-state index contributed by atoms with van der Waals surface area (Å²) in [5.74, 6) is -2.01. The number of rotatable bonds is 12. The largest absolute Gasteiger partial charge is 0.493 e. The number of ether oxygens (including phenoxy) is 2. The van der Waals surface area contributed by atoms with Gasteiger partial charge < -0.3 is 30.7 Å². The number of pyridine rings is 2. The predicted octanol–water partition coefficient (Wildman–Crippen LogP) is 2.86. The van der Waals surface area contributed by atoms with Gasteiger partial charge in [0.2, 0.25) is 23.6 Å². The summed E-state index contributed by atoms with van der Waals surface area (Å²) in [7, 11) is 0. The molecule has 2 aliphatic rings. The monoisotopic (exact) mass is 737 g/mol. The molecular formula is C35H37F2N7O7S. The van der Waals surface area contributed by atoms with Crippen molar-refractivity contribution in [2.75, 3.05) is 43.9 Å². The number of nitrogens with one attached hydrogen (secondary N) is 4. The van der Waals surface area contributed by atoms with E-state index in [2.05, 4.69) is 31.2 Å². The van der Waals surface area contributed by atoms with Crippen LogP contribution in [0.15, 0.2) is 54.7 Å². The first-order valence-corrected chi connectivity index (χ1v) is 17.6. The highest BCUT2D eigenvalue weighted by Crippen LogP contribution is 2.34. The first kappa shape index (κ1) is 37.7. The van der Waals surface area contributed by atoms with Crippen LogP contribution in [0.4, 0.5) is 20.4 Å². The van der Waals surface area contributed by atoms with Crippen molar-refractivity contribution in [1.82, 2.24) is 30.8 Å². The fraction of sp³-hybridized carbons (Fsp3) is 0.343. The number of aromatic nitrogens is 2. The number of carbonyl (C=O) groups excluding carboxylic acids is 5. The first-order chi connectivity index (χ1) is 25.0. The van der Waals surface area contributed by atoms with E-state index in [9.17, 15) is 32.8 Å². The Morgan fingerprint density at radius 3 is 2.50 bits per heavy atom. The number of halogens is 2. The number of nitrogens with zero attached hydrogens (tertiary/aromatic N) is 3. The van der Waals surface area contributed by atoms with Gasteiger partial charge in [0.05, 0.1) is 26.0 Å². The molecular weight excluding hydrogens is 700 g/mol. The van der Waals surface area contributed by atoms with Gasteiger partial charge >= 0.3 is 0 Å². The van der Waals surface area contributed by atoms with E-state index >= 15 is 0 Å². The summed E-state index contributed by atoms with van der Waals surface area (Å²) in [6, 6.07) is 8.00. The van der Waals surface area contributed by atoms with Crippen molar-refractivity contribution in [3.63, 3.8) is 0 Å². The van der Waals surface area contributed by atoms with E-state index in [0.717, 1.165) is 28.8 Å². The smallest absolute Gasteiger partial charge is 0.254 e. The number of fused-ring (bicyclic) bond motifs is 6. The third-order valence-corrected chi connectivity index (χ3v) is 8.76. The molecule has 52 heavy (non-hydrogen) atoms. The maximum Gasteiger partial charge on any atom is 0.254 e. The van der Waals surface area contributed by atoms with Crippen molar-refractivity contribution >= 4 is 52.9 Å². The van der Waals surface area contributed by atoms with Gasteiger partial charge in [-0.2, -0.15) is 16.7 Å². The van der Waals surface area contributed by atoms with Crippen LogP contribution in [-0.2, 0) is 29.7 Å². The van der Waals surface area contributed by atoms with Crippen LogP contribution in [0, 0.1) is 17.6 Å². The molecule has 274 valence electrons. The van der Waals surface area contributed by atoms with Crippen molar-refractivity contribution in [2.24, 2.45) is 5.92 Å². The SMILES string of the molecule is CC(C)C(NC(=O)CN1C(=O)C=CC1=O)C(=O)NCC(=O)NCCSCc1cc2nc(c1)OCCCOc1cc(F)ccc1-c1cc(ncc1F)N2. The van der Waals surface area contributed by atoms with Gasteiger partial charge in [-0.15, -0.1) is 0 Å². The van der Waals surface area contributed by atoms with Crippen LogP contribution >= 0.6 is 11.8 Å². The molecule has 2 aromatic heterocycles. The van der Waals surface area contributed by atoms with Gasteiger partial charge in [-0.3, -0.25) is 28.9 Å². The van der Waals surface area contributed by atoms with Crippen LogP contribution in [0.25, 0.3) is 11.1 Å². The van der Waals surface area contributed by atoms with Gasteiger partial charge in [-0.1, -0.05) is 13.8 Å². The van der Waals surface area contributed by atoms with E-state index in [-0.39, 0.29) is 37.0 Å². The van der Waals surface area contributed by atoms with Crippen LogP contribution in [-0.4, -0.2) is 89.0 Å². The zero-order chi connectivity index (χ0) is 37.2. The lowest BCUT2D eigenvalue weighted by molar-refractivity contribution is -0.141. The third kappa shape index (κ3) is 10.2. The molecule has 0 spiro atoms. The fourth-order valence-electron chi connectivity index (χ4n) is 5.16. The highest BCUT2D eigenvalue weighted by Gasteiger charge is 2.29. The summed E-state index contributed by atoms with van der Waals surface area (Å²) in [5, 5.41) is 10.9. The molecule has 4 heterocycles. The summed E-state index contributed by atoms with van der Waals surface area (Å²) in [4.78, 5) is 70.5. The number of anilines is 2. The average Bonchev–Trinajstić information content (AvgIpc) is 3.42. The molecule has 4 N–H and O–H groups in total. The molecule has 1 aromatic carbocycles. The van der Waals surface area contributed by atoms with Crippen molar-refractivity contribution in [3.8, 4) is 22.8 Å². The molecule has 14 nitrogen and oxygen atoms in total. The number of hydrogen-bond acceptors (Lipinski definition) is 11. The van der Waals surface area contributed by atoms with E-state index < -0.39 is 53.8 Å². The maximum absolute atomic E-state index is 14.9. The summed E-state index contributed by atoms with van der Waals surface area (Å²) >= 11 is 1.53. The molecule has 2 aliphatic heterocycles. The lowest BCUT2D eigenvalue weighted by Gasteiger charge is -2.23. The fourth-order valence-corrected chi connectivity index (χ4v) is 5.95. The van der Waals surface area contributed by atoms with Crippen molar-refractivity contribution < 1.29 is 42.2 Å². The molecule has 5 amide bonds. The number of hydrogen-bond donors (Lipinski definition) is 4. The molecule has 0 fully saturated rings. The maximum atomic E-state index is 14.9. The predicted molar refractivity (Wildman–Crippen MR) is 188 cm³/mol. The Morgan fingerprint density at radius 2 is 1.73 bits per heavy atom. The van der Waals surface area contributed by atoms with Gasteiger partial charge in [0, 0.05) is 59.9 Å². The van der Waals surface area contributed by atoms with Gasteiger partial charge in [0.1, 0.15) is 41.6 Å². The number of benzene rings is 1. The molecule has 4 bridgehead atoms. The van der Waals surface area contributed by atoms with E-state index in [1.807, 2.05) is 0 Å². The van der Waals surface area contributed by atoms with E-state index in [4.69, 9.17) is 9.47 Å². The van der Waals surface area contributed by atoms with E-state index in [1.165, 1.54) is 36.0 Å². The molecule has 3 aromatic rings. The van der Waals surface area contributed by atoms with Crippen LogP contribution < -0.4 is 30.7 Å². The number of imide groups is 1. The molecule has 1 atom stereocenters. The minimum absolute atomic E-state index is 0.184. The molecule has 0 saturated carbocycles. The number of thioether (sulfide) groups is 1. The number of carbonyl (C=O) groups is 5. The second-order valence-electron chi connectivity index (χ2n) is 12.1. The molecule has 0 aliphatic carbocycles. The minimum Gasteiger partial charge on any atom is -0.493 e. The van der Waals surface area contributed by atoms with Gasteiger partial charge in [0.15, 0.2) is 0 Å². The quantitative estimate of drug-likeness (QED) is 0.159. The Kier molecular flexibility index (Phi) is 12.7. The second kappa shape index (κ2) is 17.6. The molecule has 1 unspecified atom stereocenters. The molecule has 0 radical (unpaired) electrons. The molecule has 0 saturated heterocycles. The highest BCUT2D eigenvalue weighted by atomic mass is 32.2. The molecule has 17 heteroatoms.